The van der Waals surface area contributed by atoms with Crippen molar-refractivity contribution in [2.75, 3.05) is 0 Å². The normalized spacial score (nSPS) is 13.6. The molecule has 0 radical (unpaired) electrons. The third kappa shape index (κ3) is 3.94. The maximum atomic E-state index is 12.2. The van der Waals surface area contributed by atoms with Crippen molar-refractivity contribution in [2.45, 2.75) is 31.7 Å². The number of amides is 1. The highest BCUT2D eigenvalue weighted by Crippen LogP contribution is 2.40. The molecule has 0 saturated heterocycles. The summed E-state index contributed by atoms with van der Waals surface area (Å²) in [6, 6.07) is 18.1. The minimum absolute atomic E-state index is 0.0102. The van der Waals surface area contributed by atoms with E-state index in [9.17, 15) is 4.79 Å². The largest absolute Gasteiger partial charge is 0.348 e. The lowest BCUT2D eigenvalue weighted by atomic mass is 10.0. The van der Waals surface area contributed by atoms with Crippen molar-refractivity contribution in [1.29, 1.82) is 0 Å². The Labute approximate surface area is 146 Å². The lowest BCUT2D eigenvalue weighted by Crippen LogP contribution is -2.25. The second-order valence-corrected chi connectivity index (χ2v) is 6.41. The Hall–Kier alpha value is -2.95. The van der Waals surface area contributed by atoms with E-state index >= 15 is 0 Å². The van der Waals surface area contributed by atoms with Crippen LogP contribution in [0.4, 0.5) is 0 Å². The fraction of sp³-hybridized carbons (Fsp3) is 0.250. The Kier molecular flexibility index (Phi) is 4.29. The van der Waals surface area contributed by atoms with Crippen LogP contribution in [-0.2, 0) is 17.8 Å². The lowest BCUT2D eigenvalue weighted by molar-refractivity contribution is -0.120. The number of benzene rings is 2. The van der Waals surface area contributed by atoms with Crippen LogP contribution in [0.1, 0.15) is 35.7 Å². The van der Waals surface area contributed by atoms with Gasteiger partial charge in [-0.3, -0.25) is 4.79 Å². The van der Waals surface area contributed by atoms with Crippen molar-refractivity contribution >= 4 is 5.91 Å². The third-order valence-corrected chi connectivity index (χ3v) is 4.37. The average molecular weight is 332 g/mol. The van der Waals surface area contributed by atoms with Gasteiger partial charge in [-0.15, -0.1) is 5.10 Å². The molecule has 1 fully saturated rings. The van der Waals surface area contributed by atoms with E-state index in [4.69, 9.17) is 0 Å². The van der Waals surface area contributed by atoms with Gasteiger partial charge in [0.05, 0.1) is 18.7 Å². The van der Waals surface area contributed by atoms with Crippen molar-refractivity contribution < 1.29 is 4.79 Å². The van der Waals surface area contributed by atoms with E-state index in [1.54, 1.807) is 11.0 Å². The number of rotatable bonds is 6. The molecule has 25 heavy (non-hydrogen) atoms. The first kappa shape index (κ1) is 15.6. The van der Waals surface area contributed by atoms with Crippen LogP contribution in [0, 0.1) is 0 Å². The van der Waals surface area contributed by atoms with Gasteiger partial charge < -0.3 is 5.32 Å². The standard InChI is InChI=1S/C20H20N4O/c25-20(12-15-5-4-6-17(11-15)16-9-10-16)21-13-19-22-14-24(23-19)18-7-2-1-3-8-18/h1-8,11,14,16H,9-10,12-13H2,(H,21,25). The molecular weight excluding hydrogens is 312 g/mol. The van der Waals surface area contributed by atoms with E-state index in [0.29, 0.717) is 24.7 Å². The van der Waals surface area contributed by atoms with Crippen LogP contribution in [0.2, 0.25) is 0 Å². The van der Waals surface area contributed by atoms with E-state index in [1.165, 1.54) is 18.4 Å². The molecule has 1 amide bonds. The summed E-state index contributed by atoms with van der Waals surface area (Å²) in [7, 11) is 0. The molecule has 0 atom stereocenters. The smallest absolute Gasteiger partial charge is 0.224 e. The van der Waals surface area contributed by atoms with Crippen molar-refractivity contribution in [2.24, 2.45) is 0 Å². The molecule has 1 heterocycles. The van der Waals surface area contributed by atoms with Crippen LogP contribution < -0.4 is 5.32 Å². The third-order valence-electron chi connectivity index (χ3n) is 4.37. The molecule has 3 aromatic rings. The van der Waals surface area contributed by atoms with Crippen LogP contribution in [0.3, 0.4) is 0 Å². The van der Waals surface area contributed by atoms with Crippen molar-refractivity contribution in [3.8, 4) is 5.69 Å². The predicted octanol–water partition coefficient (Wildman–Crippen LogP) is 3.00. The molecule has 0 spiro atoms. The molecule has 1 aliphatic carbocycles. The molecule has 0 unspecified atom stereocenters. The summed E-state index contributed by atoms with van der Waals surface area (Å²) in [6.45, 7) is 0.334. The summed E-state index contributed by atoms with van der Waals surface area (Å²) in [5, 5.41) is 7.30. The van der Waals surface area contributed by atoms with Gasteiger partial charge in [0.2, 0.25) is 5.91 Å². The molecule has 1 aromatic heterocycles. The molecule has 0 bridgehead atoms. The van der Waals surface area contributed by atoms with E-state index in [1.807, 2.05) is 42.5 Å². The number of nitrogens with zero attached hydrogens (tertiary/aromatic N) is 3. The summed E-state index contributed by atoms with van der Waals surface area (Å²) in [5.41, 5.74) is 3.36. The molecular formula is C20H20N4O. The summed E-state index contributed by atoms with van der Waals surface area (Å²) >= 11 is 0. The molecule has 5 heteroatoms. The minimum Gasteiger partial charge on any atom is -0.348 e. The first-order valence-electron chi connectivity index (χ1n) is 8.59. The average Bonchev–Trinajstić information content (AvgIpc) is 3.39. The van der Waals surface area contributed by atoms with Crippen LogP contribution >= 0.6 is 0 Å². The quantitative estimate of drug-likeness (QED) is 0.755. The molecule has 0 aliphatic heterocycles. The fourth-order valence-electron chi connectivity index (χ4n) is 2.88. The highest BCUT2D eigenvalue weighted by Gasteiger charge is 2.23. The number of carbonyl (C=O) groups excluding carboxylic acids is 1. The monoisotopic (exact) mass is 332 g/mol. The van der Waals surface area contributed by atoms with Gasteiger partial charge in [-0.25, -0.2) is 9.67 Å². The Morgan fingerprint density at radius 1 is 1.12 bits per heavy atom. The van der Waals surface area contributed by atoms with Crippen LogP contribution in [0.25, 0.3) is 5.69 Å². The SMILES string of the molecule is O=C(Cc1cccc(C2CC2)c1)NCc1ncn(-c2ccccc2)n1. The van der Waals surface area contributed by atoms with Gasteiger partial charge >= 0.3 is 0 Å². The van der Waals surface area contributed by atoms with Gasteiger partial charge in [0.25, 0.3) is 0 Å². The Morgan fingerprint density at radius 3 is 2.76 bits per heavy atom. The van der Waals surface area contributed by atoms with E-state index in [0.717, 1.165) is 11.3 Å². The number of hydrogen-bond acceptors (Lipinski definition) is 3. The first-order valence-corrected chi connectivity index (χ1v) is 8.59. The predicted molar refractivity (Wildman–Crippen MR) is 95.3 cm³/mol. The van der Waals surface area contributed by atoms with Gasteiger partial charge in [0, 0.05) is 0 Å². The maximum Gasteiger partial charge on any atom is 0.224 e. The first-order chi connectivity index (χ1) is 12.3. The number of para-hydroxylation sites is 1. The van der Waals surface area contributed by atoms with E-state index in [-0.39, 0.29) is 5.91 Å². The highest BCUT2D eigenvalue weighted by atomic mass is 16.1. The highest BCUT2D eigenvalue weighted by molar-refractivity contribution is 5.78. The van der Waals surface area contributed by atoms with Gasteiger partial charge in [-0.2, -0.15) is 0 Å². The molecule has 4 rings (SSSR count). The Bertz CT molecular complexity index is 868. The van der Waals surface area contributed by atoms with Gasteiger partial charge in [-0.05, 0) is 42.0 Å². The van der Waals surface area contributed by atoms with Crippen molar-refractivity contribution in [3.63, 3.8) is 0 Å². The Balaban J connectivity index is 1.33. The molecule has 2 aromatic carbocycles. The number of aromatic nitrogens is 3. The second-order valence-electron chi connectivity index (χ2n) is 6.41. The number of nitrogens with one attached hydrogen (secondary N) is 1. The zero-order chi connectivity index (χ0) is 17.1. The second kappa shape index (κ2) is 6.89. The summed E-state index contributed by atoms with van der Waals surface area (Å²) in [5.74, 6) is 1.29. The fourth-order valence-corrected chi connectivity index (χ4v) is 2.88. The van der Waals surface area contributed by atoms with Gasteiger partial charge in [0.15, 0.2) is 5.82 Å². The molecule has 1 aliphatic rings. The topological polar surface area (TPSA) is 59.8 Å². The van der Waals surface area contributed by atoms with Gasteiger partial charge in [0.1, 0.15) is 6.33 Å². The zero-order valence-electron chi connectivity index (χ0n) is 13.9. The molecule has 5 nitrogen and oxygen atoms in total. The number of carbonyl (C=O) groups is 1. The van der Waals surface area contributed by atoms with Crippen molar-refractivity contribution in [1.82, 2.24) is 20.1 Å². The Morgan fingerprint density at radius 2 is 1.96 bits per heavy atom. The maximum absolute atomic E-state index is 12.2. The molecule has 1 N–H and O–H groups in total. The minimum atomic E-state index is -0.0102. The molecule has 126 valence electrons. The van der Waals surface area contributed by atoms with Crippen LogP contribution in [0.15, 0.2) is 60.9 Å². The zero-order valence-corrected chi connectivity index (χ0v) is 13.9. The van der Waals surface area contributed by atoms with Crippen LogP contribution in [-0.4, -0.2) is 20.7 Å². The summed E-state index contributed by atoms with van der Waals surface area (Å²) in [4.78, 5) is 16.4. The summed E-state index contributed by atoms with van der Waals surface area (Å²) in [6.07, 6.45) is 4.59. The number of hydrogen-bond donors (Lipinski definition) is 1. The molecule has 1 saturated carbocycles. The van der Waals surface area contributed by atoms with E-state index < -0.39 is 0 Å². The van der Waals surface area contributed by atoms with Crippen LogP contribution in [0.5, 0.6) is 0 Å². The van der Waals surface area contributed by atoms with E-state index in [2.05, 4.69) is 27.5 Å². The lowest BCUT2D eigenvalue weighted by Gasteiger charge is -2.05. The van der Waals surface area contributed by atoms with Crippen molar-refractivity contribution in [3.05, 3.63) is 77.9 Å². The summed E-state index contributed by atoms with van der Waals surface area (Å²) < 4.78 is 1.71. The van der Waals surface area contributed by atoms with Gasteiger partial charge in [-0.1, -0.05) is 42.5 Å².